The van der Waals surface area contributed by atoms with Crippen molar-refractivity contribution in [3.63, 3.8) is 0 Å². The molecule has 0 amide bonds. The summed E-state index contributed by atoms with van der Waals surface area (Å²) in [6.07, 6.45) is 0.316. The maximum atomic E-state index is 11.0. The second kappa shape index (κ2) is 10.8. The lowest BCUT2D eigenvalue weighted by atomic mass is 10.4. The van der Waals surface area contributed by atoms with Gasteiger partial charge in [-0.2, -0.15) is 0 Å². The number of guanidine groups is 1. The van der Waals surface area contributed by atoms with Crippen LogP contribution in [0.5, 0.6) is 0 Å². The van der Waals surface area contributed by atoms with Crippen molar-refractivity contribution in [2.45, 2.75) is 33.7 Å². The van der Waals surface area contributed by atoms with Crippen LogP contribution in [0, 0.1) is 13.8 Å². The topological polar surface area (TPSA) is 75.6 Å². The van der Waals surface area contributed by atoms with Crippen molar-refractivity contribution in [3.05, 3.63) is 15.6 Å². The maximum Gasteiger partial charge on any atom is 0.307 e. The summed E-state index contributed by atoms with van der Waals surface area (Å²) < 4.78 is 4.59. The summed E-state index contributed by atoms with van der Waals surface area (Å²) in [5, 5.41) is 7.21. The van der Waals surface area contributed by atoms with Gasteiger partial charge >= 0.3 is 5.97 Å². The zero-order valence-corrected chi connectivity index (χ0v) is 16.0. The van der Waals surface area contributed by atoms with Crippen molar-refractivity contribution >= 4 is 47.2 Å². The molecule has 0 spiro atoms. The van der Waals surface area contributed by atoms with Gasteiger partial charge in [0.05, 0.1) is 25.8 Å². The molecule has 0 unspecified atom stereocenters. The minimum absolute atomic E-state index is 0. The summed E-state index contributed by atoms with van der Waals surface area (Å²) in [6.45, 7) is 7.84. The number of esters is 1. The molecule has 2 N–H and O–H groups in total. The number of halogens is 1. The van der Waals surface area contributed by atoms with Crippen LogP contribution in [0.15, 0.2) is 4.99 Å². The number of nitrogens with zero attached hydrogens (tertiary/aromatic N) is 2. The first kappa shape index (κ1) is 20.1. The lowest BCUT2D eigenvalue weighted by Crippen LogP contribution is -2.38. The number of aromatic nitrogens is 1. The highest BCUT2D eigenvalue weighted by Gasteiger charge is 2.04. The molecule has 1 heterocycles. The number of aliphatic imine (C=N–C) groups is 1. The fourth-order valence-corrected chi connectivity index (χ4v) is 2.34. The second-order valence-corrected chi connectivity index (χ2v) is 5.49. The zero-order chi connectivity index (χ0) is 15.0. The number of methoxy groups -OCH3 is 1. The standard InChI is InChI=1S/C13H22N4O2S.HI/c1-5-14-13(15-7-6-12(18)19-4)16-8-11-17-9(2)10(3)20-11;/h5-8H2,1-4H3,(H2,14,15,16);1H. The van der Waals surface area contributed by atoms with Crippen LogP contribution < -0.4 is 10.6 Å². The van der Waals surface area contributed by atoms with Crippen molar-refractivity contribution in [2.75, 3.05) is 20.2 Å². The van der Waals surface area contributed by atoms with Crippen molar-refractivity contribution in [1.29, 1.82) is 0 Å². The number of rotatable bonds is 6. The fourth-order valence-electron chi connectivity index (χ4n) is 1.48. The molecular formula is C13H23IN4O2S. The van der Waals surface area contributed by atoms with Crippen LogP contribution in [0.3, 0.4) is 0 Å². The molecule has 21 heavy (non-hydrogen) atoms. The Hall–Kier alpha value is -0.900. The number of thiazole rings is 1. The Balaban J connectivity index is 0.00000400. The summed E-state index contributed by atoms with van der Waals surface area (Å²) in [6, 6.07) is 0. The number of ether oxygens (including phenoxy) is 1. The molecule has 1 rings (SSSR count). The van der Waals surface area contributed by atoms with E-state index >= 15 is 0 Å². The Kier molecular flexibility index (Phi) is 10.3. The van der Waals surface area contributed by atoms with Crippen LogP contribution >= 0.6 is 35.3 Å². The number of hydrogen-bond acceptors (Lipinski definition) is 5. The van der Waals surface area contributed by atoms with Crippen molar-refractivity contribution < 1.29 is 9.53 Å². The molecule has 0 saturated carbocycles. The highest BCUT2D eigenvalue weighted by molar-refractivity contribution is 14.0. The van der Waals surface area contributed by atoms with Gasteiger partial charge in [0.15, 0.2) is 5.96 Å². The van der Waals surface area contributed by atoms with Crippen LogP contribution in [0.1, 0.15) is 28.9 Å². The molecule has 0 saturated heterocycles. The van der Waals surface area contributed by atoms with Gasteiger partial charge in [0.25, 0.3) is 0 Å². The van der Waals surface area contributed by atoms with E-state index in [4.69, 9.17) is 0 Å². The molecule has 8 heteroatoms. The van der Waals surface area contributed by atoms with Gasteiger partial charge in [0, 0.05) is 18.0 Å². The Morgan fingerprint density at radius 2 is 2.10 bits per heavy atom. The number of nitrogens with one attached hydrogen (secondary N) is 2. The molecule has 120 valence electrons. The highest BCUT2D eigenvalue weighted by Crippen LogP contribution is 2.16. The van der Waals surface area contributed by atoms with E-state index in [1.807, 2.05) is 13.8 Å². The van der Waals surface area contributed by atoms with E-state index in [-0.39, 0.29) is 29.9 Å². The SMILES string of the molecule is CCNC(=NCc1nc(C)c(C)s1)NCCC(=O)OC.I. The first-order valence-electron chi connectivity index (χ1n) is 6.58. The zero-order valence-electron chi connectivity index (χ0n) is 12.9. The summed E-state index contributed by atoms with van der Waals surface area (Å²) in [5.41, 5.74) is 1.06. The van der Waals surface area contributed by atoms with E-state index in [0.717, 1.165) is 17.2 Å². The third-order valence-electron chi connectivity index (χ3n) is 2.64. The Morgan fingerprint density at radius 1 is 1.38 bits per heavy atom. The molecule has 1 aromatic heterocycles. The normalized spacial score (nSPS) is 10.8. The average molecular weight is 426 g/mol. The van der Waals surface area contributed by atoms with Crippen LogP contribution in [0.25, 0.3) is 0 Å². The van der Waals surface area contributed by atoms with Gasteiger partial charge in [0.2, 0.25) is 0 Å². The van der Waals surface area contributed by atoms with Crippen LogP contribution in [-0.4, -0.2) is 37.1 Å². The predicted octanol–water partition coefficient (Wildman–Crippen LogP) is 2.00. The number of aryl methyl sites for hydroxylation is 2. The van der Waals surface area contributed by atoms with Gasteiger partial charge in [-0.25, -0.2) is 9.98 Å². The van der Waals surface area contributed by atoms with Gasteiger partial charge < -0.3 is 15.4 Å². The monoisotopic (exact) mass is 426 g/mol. The van der Waals surface area contributed by atoms with Gasteiger partial charge in [-0.3, -0.25) is 4.79 Å². The smallest absolute Gasteiger partial charge is 0.307 e. The van der Waals surface area contributed by atoms with Gasteiger partial charge in [0.1, 0.15) is 5.01 Å². The van der Waals surface area contributed by atoms with Crippen molar-refractivity contribution in [3.8, 4) is 0 Å². The molecule has 0 aliphatic heterocycles. The van der Waals surface area contributed by atoms with Gasteiger partial charge in [-0.15, -0.1) is 35.3 Å². The largest absolute Gasteiger partial charge is 0.469 e. The average Bonchev–Trinajstić information content (AvgIpc) is 2.75. The Bertz CT molecular complexity index is 457. The Morgan fingerprint density at radius 3 is 2.62 bits per heavy atom. The molecule has 0 aromatic carbocycles. The van der Waals surface area contributed by atoms with Gasteiger partial charge in [-0.05, 0) is 20.8 Å². The number of carbonyl (C=O) groups excluding carboxylic acids is 1. The van der Waals surface area contributed by atoms with Crippen LogP contribution in [0.2, 0.25) is 0 Å². The quantitative estimate of drug-likeness (QED) is 0.315. The van der Waals surface area contributed by atoms with E-state index in [2.05, 4.69) is 32.3 Å². The van der Waals surface area contributed by atoms with Crippen LogP contribution in [0.4, 0.5) is 0 Å². The van der Waals surface area contributed by atoms with Crippen molar-refractivity contribution in [1.82, 2.24) is 15.6 Å². The molecule has 6 nitrogen and oxygen atoms in total. The molecular weight excluding hydrogens is 403 g/mol. The van der Waals surface area contributed by atoms with Gasteiger partial charge in [-0.1, -0.05) is 0 Å². The molecule has 0 atom stereocenters. The van der Waals surface area contributed by atoms with E-state index in [0.29, 0.717) is 25.5 Å². The summed E-state index contributed by atoms with van der Waals surface area (Å²) in [7, 11) is 1.38. The molecule has 0 fully saturated rings. The first-order valence-corrected chi connectivity index (χ1v) is 7.40. The summed E-state index contributed by atoms with van der Waals surface area (Å²) in [4.78, 5) is 21.2. The van der Waals surface area contributed by atoms with E-state index in [9.17, 15) is 4.79 Å². The minimum Gasteiger partial charge on any atom is -0.469 e. The minimum atomic E-state index is -0.237. The molecule has 0 bridgehead atoms. The Labute approximate surface area is 146 Å². The summed E-state index contributed by atoms with van der Waals surface area (Å²) >= 11 is 1.66. The lowest BCUT2D eigenvalue weighted by Gasteiger charge is -2.10. The van der Waals surface area contributed by atoms with Crippen LogP contribution in [-0.2, 0) is 16.1 Å². The van der Waals surface area contributed by atoms with E-state index < -0.39 is 0 Å². The number of carbonyl (C=O) groups is 1. The van der Waals surface area contributed by atoms with E-state index in [1.165, 1.54) is 12.0 Å². The van der Waals surface area contributed by atoms with Crippen molar-refractivity contribution in [2.24, 2.45) is 4.99 Å². The first-order chi connectivity index (χ1) is 9.56. The molecule has 0 aliphatic rings. The van der Waals surface area contributed by atoms with E-state index in [1.54, 1.807) is 11.3 Å². The second-order valence-electron chi connectivity index (χ2n) is 4.20. The third kappa shape index (κ3) is 7.60. The lowest BCUT2D eigenvalue weighted by molar-refractivity contribution is -0.140. The number of hydrogen-bond donors (Lipinski definition) is 2. The molecule has 1 aromatic rings. The fraction of sp³-hybridized carbons (Fsp3) is 0.615. The third-order valence-corrected chi connectivity index (χ3v) is 3.70. The summed E-state index contributed by atoms with van der Waals surface area (Å²) in [5.74, 6) is 0.446. The maximum absolute atomic E-state index is 11.0. The predicted molar refractivity (Wildman–Crippen MR) is 96.5 cm³/mol. The highest BCUT2D eigenvalue weighted by atomic mass is 127. The molecule has 0 aliphatic carbocycles. The molecule has 0 radical (unpaired) electrons.